The lowest BCUT2D eigenvalue weighted by Crippen LogP contribution is -2.18. The van der Waals surface area contributed by atoms with Crippen molar-refractivity contribution in [3.8, 4) is 33.4 Å². The summed E-state index contributed by atoms with van der Waals surface area (Å²) in [5.41, 5.74) is 17.3. The Hall–Kier alpha value is -7.49. The molecule has 3 heteroatoms. The van der Waals surface area contributed by atoms with Crippen LogP contribution in [0.5, 0.6) is 0 Å². The van der Waals surface area contributed by atoms with E-state index in [-0.39, 0.29) is 0 Å². The number of rotatable bonds is 9. The molecule has 0 saturated heterocycles. The number of benzene rings is 8. The van der Waals surface area contributed by atoms with Gasteiger partial charge in [-0.05, 0) is 98.6 Å². The van der Waals surface area contributed by atoms with Crippen LogP contribution in [0.4, 0.5) is 17.1 Å². The average molecular weight is 718 g/mol. The third-order valence-electron chi connectivity index (χ3n) is 10.4. The predicted octanol–water partition coefficient (Wildman–Crippen LogP) is 13.8. The smallest absolute Gasteiger partial charge is 0.0559 e. The second-order valence-electron chi connectivity index (χ2n) is 13.9. The van der Waals surface area contributed by atoms with Crippen molar-refractivity contribution in [2.75, 3.05) is 4.90 Å². The molecule has 0 amide bonds. The molecule has 2 N–H and O–H groups in total. The van der Waals surface area contributed by atoms with Gasteiger partial charge in [0, 0.05) is 40.1 Å². The van der Waals surface area contributed by atoms with E-state index in [0.29, 0.717) is 0 Å². The van der Waals surface area contributed by atoms with E-state index in [9.17, 15) is 0 Å². The van der Waals surface area contributed by atoms with Crippen LogP contribution in [0, 0.1) is 5.41 Å². The van der Waals surface area contributed by atoms with Gasteiger partial charge in [-0.3, -0.25) is 0 Å². The monoisotopic (exact) mass is 717 g/mol. The molecule has 0 spiro atoms. The summed E-state index contributed by atoms with van der Waals surface area (Å²) in [6, 6.07) is 74.7. The van der Waals surface area contributed by atoms with Gasteiger partial charge in [0.1, 0.15) is 0 Å². The van der Waals surface area contributed by atoms with Crippen LogP contribution in [0.1, 0.15) is 22.3 Å². The first-order valence-electron chi connectivity index (χ1n) is 18.9. The van der Waals surface area contributed by atoms with E-state index in [1.807, 2.05) is 24.3 Å². The van der Waals surface area contributed by atoms with Crippen molar-refractivity contribution >= 4 is 46.3 Å². The molecule has 56 heavy (non-hydrogen) atoms. The second-order valence-corrected chi connectivity index (χ2v) is 13.9. The molecule has 0 aliphatic carbocycles. The zero-order chi connectivity index (χ0) is 37.7. The van der Waals surface area contributed by atoms with Gasteiger partial charge in [-0.15, -0.1) is 0 Å². The van der Waals surface area contributed by atoms with Crippen LogP contribution >= 0.6 is 0 Å². The van der Waals surface area contributed by atoms with E-state index >= 15 is 0 Å². The van der Waals surface area contributed by atoms with Gasteiger partial charge in [-0.1, -0.05) is 170 Å². The lowest BCUT2D eigenvalue weighted by molar-refractivity contribution is 1.22. The zero-order valence-electron chi connectivity index (χ0n) is 30.8. The lowest BCUT2D eigenvalue weighted by atomic mass is 9.90. The Balaban J connectivity index is 1.10. The first kappa shape index (κ1) is 34.3. The SMILES string of the molecule is N=C/C(=C1\NC(c2ccccc2)=Cc2ccc(-c3ccc(N(c4ccc(-c5ccccc5)cc4)c4ccc(-c5ccccc5)cc4)cc3)cc21)c1ccccc1. The molecule has 3 nitrogen and oxygen atoms in total. The van der Waals surface area contributed by atoms with E-state index < -0.39 is 0 Å². The summed E-state index contributed by atoms with van der Waals surface area (Å²) in [5, 5.41) is 12.3. The molecular formula is C53H39N3. The normalized spacial score (nSPS) is 12.8. The van der Waals surface area contributed by atoms with Crippen molar-refractivity contribution in [1.29, 1.82) is 5.41 Å². The summed E-state index contributed by atoms with van der Waals surface area (Å²) >= 11 is 0. The zero-order valence-corrected chi connectivity index (χ0v) is 30.8. The highest BCUT2D eigenvalue weighted by Crippen LogP contribution is 2.40. The summed E-state index contributed by atoms with van der Waals surface area (Å²) in [6.07, 6.45) is 3.67. The van der Waals surface area contributed by atoms with Crippen molar-refractivity contribution in [3.05, 3.63) is 235 Å². The van der Waals surface area contributed by atoms with Crippen LogP contribution < -0.4 is 10.2 Å². The fraction of sp³-hybridized carbons (Fsp3) is 0. The number of hydrogen-bond donors (Lipinski definition) is 2. The van der Waals surface area contributed by atoms with Gasteiger partial charge >= 0.3 is 0 Å². The van der Waals surface area contributed by atoms with Crippen molar-refractivity contribution < 1.29 is 0 Å². The summed E-state index contributed by atoms with van der Waals surface area (Å²) < 4.78 is 0. The molecule has 0 aromatic heterocycles. The first-order chi connectivity index (χ1) is 27.7. The summed E-state index contributed by atoms with van der Waals surface area (Å²) in [4.78, 5) is 2.32. The van der Waals surface area contributed by atoms with Crippen molar-refractivity contribution in [1.82, 2.24) is 5.32 Å². The van der Waals surface area contributed by atoms with Gasteiger partial charge in [0.25, 0.3) is 0 Å². The molecule has 0 unspecified atom stereocenters. The molecule has 1 aliphatic rings. The van der Waals surface area contributed by atoms with E-state index in [4.69, 9.17) is 5.41 Å². The number of allylic oxidation sites excluding steroid dienone is 1. The predicted molar refractivity (Wildman–Crippen MR) is 237 cm³/mol. The Morgan fingerprint density at radius 1 is 0.411 bits per heavy atom. The van der Waals surface area contributed by atoms with Crippen LogP contribution in [0.25, 0.3) is 56.4 Å². The maximum atomic E-state index is 8.53. The molecule has 0 saturated carbocycles. The topological polar surface area (TPSA) is 39.1 Å². The quantitative estimate of drug-likeness (QED) is 0.146. The minimum absolute atomic E-state index is 0.841. The highest BCUT2D eigenvalue weighted by molar-refractivity contribution is 6.20. The van der Waals surface area contributed by atoms with Crippen LogP contribution in [-0.2, 0) is 0 Å². The van der Waals surface area contributed by atoms with Gasteiger partial charge in [0.05, 0.1) is 5.70 Å². The lowest BCUT2D eigenvalue weighted by Gasteiger charge is -2.26. The Bertz CT molecular complexity index is 2580. The third-order valence-corrected chi connectivity index (χ3v) is 10.4. The maximum absolute atomic E-state index is 8.53. The molecule has 0 radical (unpaired) electrons. The Labute approximate surface area is 328 Å². The molecule has 8 aromatic rings. The minimum Gasteiger partial charge on any atom is -0.354 e. The fourth-order valence-electron chi connectivity index (χ4n) is 7.49. The summed E-state index contributed by atoms with van der Waals surface area (Å²) in [5.74, 6) is 0. The number of fused-ring (bicyclic) bond motifs is 1. The van der Waals surface area contributed by atoms with E-state index in [1.54, 1.807) is 0 Å². The van der Waals surface area contributed by atoms with Gasteiger partial charge in [0.2, 0.25) is 0 Å². The van der Waals surface area contributed by atoms with E-state index in [0.717, 1.165) is 67.4 Å². The van der Waals surface area contributed by atoms with Gasteiger partial charge in [0.15, 0.2) is 0 Å². The first-order valence-corrected chi connectivity index (χ1v) is 18.9. The Kier molecular flexibility index (Phi) is 9.47. The number of nitrogens with zero attached hydrogens (tertiary/aromatic N) is 1. The third kappa shape index (κ3) is 6.98. The fourth-order valence-corrected chi connectivity index (χ4v) is 7.49. The van der Waals surface area contributed by atoms with E-state index in [2.05, 4.69) is 204 Å². The molecular weight excluding hydrogens is 679 g/mol. The van der Waals surface area contributed by atoms with Crippen molar-refractivity contribution in [3.63, 3.8) is 0 Å². The van der Waals surface area contributed by atoms with Crippen LogP contribution in [0.2, 0.25) is 0 Å². The minimum atomic E-state index is 0.841. The number of hydrogen-bond acceptors (Lipinski definition) is 3. The largest absolute Gasteiger partial charge is 0.354 e. The van der Waals surface area contributed by atoms with Crippen molar-refractivity contribution in [2.45, 2.75) is 0 Å². The van der Waals surface area contributed by atoms with Gasteiger partial charge < -0.3 is 15.6 Å². The molecule has 8 aromatic carbocycles. The molecule has 1 heterocycles. The maximum Gasteiger partial charge on any atom is 0.0559 e. The van der Waals surface area contributed by atoms with Crippen LogP contribution in [-0.4, -0.2) is 6.21 Å². The second kappa shape index (κ2) is 15.5. The van der Waals surface area contributed by atoms with Crippen molar-refractivity contribution in [2.24, 2.45) is 0 Å². The van der Waals surface area contributed by atoms with Gasteiger partial charge in [-0.2, -0.15) is 0 Å². The molecule has 1 aliphatic heterocycles. The van der Waals surface area contributed by atoms with Gasteiger partial charge in [-0.25, -0.2) is 0 Å². The molecule has 0 bridgehead atoms. The molecule has 266 valence electrons. The highest BCUT2D eigenvalue weighted by Gasteiger charge is 2.21. The summed E-state index contributed by atoms with van der Waals surface area (Å²) in [6.45, 7) is 0. The number of anilines is 3. The van der Waals surface area contributed by atoms with Crippen LogP contribution in [0.3, 0.4) is 0 Å². The standard InChI is InChI=1S/C53H39N3/c54-37-51(43-17-9-3-10-18-43)53-50-35-45(21-22-46(50)36-52(55-53)44-19-11-4-12-20-44)42-27-33-49(34-28-42)56(47-29-23-40(24-30-47)38-13-5-1-6-14-38)48-31-25-41(26-32-48)39-15-7-2-8-16-39/h1-37,54-55H/b53-51+,54-37?. The van der Waals surface area contributed by atoms with E-state index in [1.165, 1.54) is 28.5 Å². The van der Waals surface area contributed by atoms with Crippen LogP contribution in [0.15, 0.2) is 212 Å². The Morgan fingerprint density at radius 2 is 0.804 bits per heavy atom. The molecule has 0 fully saturated rings. The average Bonchev–Trinajstić information content (AvgIpc) is 3.28. The Morgan fingerprint density at radius 3 is 1.27 bits per heavy atom. The molecule has 9 rings (SSSR count). The highest BCUT2D eigenvalue weighted by atomic mass is 15.1. The summed E-state index contributed by atoms with van der Waals surface area (Å²) in [7, 11) is 0. The number of nitrogens with one attached hydrogen (secondary N) is 2. The molecule has 0 atom stereocenters.